The number of nitrogens with zero attached hydrogens (tertiary/aromatic N) is 1. The van der Waals surface area contributed by atoms with Gasteiger partial charge in [0.1, 0.15) is 11.4 Å². The van der Waals surface area contributed by atoms with Crippen molar-refractivity contribution in [2.24, 2.45) is 0 Å². The molecule has 0 unspecified atom stereocenters. The van der Waals surface area contributed by atoms with Crippen LogP contribution in [-0.4, -0.2) is 36.6 Å². The Kier molecular flexibility index (Phi) is 8.21. The number of thiophene rings is 1. The first-order chi connectivity index (χ1) is 15.2. The number of carbonyl (C=O) groups excluding carboxylic acids is 1. The Hall–Kier alpha value is -2.50. The minimum absolute atomic E-state index is 0.193. The third kappa shape index (κ3) is 7.57. The lowest BCUT2D eigenvalue weighted by Gasteiger charge is -2.22. The molecule has 0 atom stereocenters. The number of hydrogen-bond donors (Lipinski definition) is 0. The van der Waals surface area contributed by atoms with Crippen LogP contribution in [0.15, 0.2) is 60.0 Å². The third-order valence-electron chi connectivity index (χ3n) is 5.13. The van der Waals surface area contributed by atoms with Crippen molar-refractivity contribution in [3.63, 3.8) is 0 Å². The van der Waals surface area contributed by atoms with E-state index in [1.165, 1.54) is 28.1 Å². The van der Waals surface area contributed by atoms with E-state index >= 15 is 0 Å². The zero-order valence-corrected chi connectivity index (χ0v) is 20.2. The van der Waals surface area contributed by atoms with E-state index in [0.717, 1.165) is 36.9 Å². The topological polar surface area (TPSA) is 29.5 Å². The molecule has 0 bridgehead atoms. The van der Waals surface area contributed by atoms with Gasteiger partial charge in [-0.15, -0.1) is 11.3 Å². The molecular formula is C27H32FNO2S. The largest absolute Gasteiger partial charge is 0.459 e. The number of rotatable bonds is 9. The van der Waals surface area contributed by atoms with Crippen molar-refractivity contribution in [3.05, 3.63) is 81.8 Å². The Morgan fingerprint density at radius 1 is 1.03 bits per heavy atom. The SMILES string of the molecule is CN(CCCc1ccc(-c2ccc(F)cc2)cc1Cc1cccs1)CC(=O)OC(C)(C)C. The average Bonchev–Trinajstić information content (AvgIpc) is 3.21. The van der Waals surface area contributed by atoms with E-state index < -0.39 is 5.60 Å². The maximum atomic E-state index is 13.3. The Morgan fingerprint density at radius 2 is 1.75 bits per heavy atom. The van der Waals surface area contributed by atoms with Crippen molar-refractivity contribution in [2.45, 2.75) is 45.6 Å². The first-order valence-electron chi connectivity index (χ1n) is 11.0. The third-order valence-corrected chi connectivity index (χ3v) is 6.01. The lowest BCUT2D eigenvalue weighted by atomic mass is 9.94. The molecule has 1 heterocycles. The Morgan fingerprint density at radius 3 is 2.41 bits per heavy atom. The molecule has 0 aliphatic carbocycles. The summed E-state index contributed by atoms with van der Waals surface area (Å²) in [6.07, 6.45) is 2.77. The van der Waals surface area contributed by atoms with Gasteiger partial charge in [0, 0.05) is 11.3 Å². The summed E-state index contributed by atoms with van der Waals surface area (Å²) in [6.45, 7) is 6.76. The predicted molar refractivity (Wildman–Crippen MR) is 131 cm³/mol. The predicted octanol–water partition coefficient (Wildman–Crippen LogP) is 6.35. The van der Waals surface area contributed by atoms with Gasteiger partial charge in [-0.05, 0) is 93.0 Å². The van der Waals surface area contributed by atoms with E-state index in [9.17, 15) is 9.18 Å². The molecule has 0 spiro atoms. The fourth-order valence-corrected chi connectivity index (χ4v) is 4.40. The molecule has 0 N–H and O–H groups in total. The molecule has 2 aromatic carbocycles. The monoisotopic (exact) mass is 453 g/mol. The lowest BCUT2D eigenvalue weighted by Crippen LogP contribution is -2.33. The van der Waals surface area contributed by atoms with Crippen LogP contribution >= 0.6 is 11.3 Å². The average molecular weight is 454 g/mol. The molecule has 0 amide bonds. The van der Waals surface area contributed by atoms with E-state index in [2.05, 4.69) is 35.7 Å². The number of likely N-dealkylation sites (N-methyl/N-ethyl adjacent to an activating group) is 1. The van der Waals surface area contributed by atoms with Crippen molar-refractivity contribution in [1.82, 2.24) is 4.90 Å². The van der Waals surface area contributed by atoms with Gasteiger partial charge in [-0.25, -0.2) is 4.39 Å². The second kappa shape index (κ2) is 10.9. The molecule has 0 aliphatic rings. The van der Waals surface area contributed by atoms with E-state index in [4.69, 9.17) is 4.74 Å². The molecule has 1 aromatic heterocycles. The quantitative estimate of drug-likeness (QED) is 0.354. The van der Waals surface area contributed by atoms with Gasteiger partial charge < -0.3 is 4.74 Å². The molecule has 5 heteroatoms. The van der Waals surface area contributed by atoms with Crippen LogP contribution in [0.3, 0.4) is 0 Å². The fourth-order valence-electron chi connectivity index (χ4n) is 3.67. The number of halogens is 1. The van der Waals surface area contributed by atoms with Gasteiger partial charge in [-0.1, -0.05) is 36.4 Å². The van der Waals surface area contributed by atoms with Gasteiger partial charge in [-0.3, -0.25) is 9.69 Å². The Balaban J connectivity index is 1.67. The molecule has 0 saturated carbocycles. The highest BCUT2D eigenvalue weighted by atomic mass is 32.1. The van der Waals surface area contributed by atoms with Gasteiger partial charge in [0.05, 0.1) is 6.54 Å². The number of hydrogen-bond acceptors (Lipinski definition) is 4. The lowest BCUT2D eigenvalue weighted by molar-refractivity contribution is -0.155. The maximum Gasteiger partial charge on any atom is 0.320 e. The molecule has 3 nitrogen and oxygen atoms in total. The van der Waals surface area contributed by atoms with E-state index in [0.29, 0.717) is 6.54 Å². The van der Waals surface area contributed by atoms with Gasteiger partial charge >= 0.3 is 5.97 Å². The van der Waals surface area contributed by atoms with Gasteiger partial charge in [0.2, 0.25) is 0 Å². The van der Waals surface area contributed by atoms with E-state index in [1.54, 1.807) is 11.3 Å². The number of aryl methyl sites for hydroxylation is 1. The molecule has 0 radical (unpaired) electrons. The summed E-state index contributed by atoms with van der Waals surface area (Å²) in [6, 6.07) is 17.4. The second-order valence-corrected chi connectivity index (χ2v) is 10.2. The smallest absolute Gasteiger partial charge is 0.320 e. The Labute approximate surface area is 194 Å². The highest BCUT2D eigenvalue weighted by Crippen LogP contribution is 2.26. The zero-order valence-electron chi connectivity index (χ0n) is 19.4. The molecular weight excluding hydrogens is 421 g/mol. The number of esters is 1. The van der Waals surface area contributed by atoms with Crippen LogP contribution in [0.5, 0.6) is 0 Å². The molecule has 170 valence electrons. The van der Waals surface area contributed by atoms with Crippen LogP contribution in [-0.2, 0) is 22.4 Å². The van der Waals surface area contributed by atoms with Crippen molar-refractivity contribution in [2.75, 3.05) is 20.1 Å². The summed E-state index contributed by atoms with van der Waals surface area (Å²) in [5.41, 5.74) is 4.27. The molecule has 3 aromatic rings. The van der Waals surface area contributed by atoms with Crippen LogP contribution < -0.4 is 0 Å². The van der Waals surface area contributed by atoms with Crippen LogP contribution in [0.4, 0.5) is 4.39 Å². The minimum Gasteiger partial charge on any atom is -0.459 e. The summed E-state index contributed by atoms with van der Waals surface area (Å²) >= 11 is 1.76. The Bertz CT molecular complexity index is 1010. The van der Waals surface area contributed by atoms with Crippen LogP contribution in [0, 0.1) is 5.82 Å². The molecule has 0 fully saturated rings. The van der Waals surface area contributed by atoms with Crippen LogP contribution in [0.2, 0.25) is 0 Å². The summed E-state index contributed by atoms with van der Waals surface area (Å²) in [5.74, 6) is -0.415. The molecule has 0 saturated heterocycles. The number of benzene rings is 2. The van der Waals surface area contributed by atoms with Crippen LogP contribution in [0.1, 0.15) is 43.2 Å². The first kappa shape index (κ1) is 24.1. The van der Waals surface area contributed by atoms with Crippen molar-refractivity contribution >= 4 is 17.3 Å². The zero-order chi connectivity index (χ0) is 23.1. The summed E-state index contributed by atoms with van der Waals surface area (Å²) in [7, 11) is 1.95. The normalized spacial score (nSPS) is 11.7. The van der Waals surface area contributed by atoms with Gasteiger partial charge in [-0.2, -0.15) is 0 Å². The van der Waals surface area contributed by atoms with E-state index in [-0.39, 0.29) is 11.8 Å². The second-order valence-electron chi connectivity index (χ2n) is 9.17. The maximum absolute atomic E-state index is 13.3. The first-order valence-corrected chi connectivity index (χ1v) is 11.9. The highest BCUT2D eigenvalue weighted by Gasteiger charge is 2.17. The van der Waals surface area contributed by atoms with E-state index in [1.807, 2.05) is 44.9 Å². The van der Waals surface area contributed by atoms with Crippen LogP contribution in [0.25, 0.3) is 11.1 Å². The molecule has 32 heavy (non-hydrogen) atoms. The minimum atomic E-state index is -0.457. The highest BCUT2D eigenvalue weighted by molar-refractivity contribution is 7.09. The van der Waals surface area contributed by atoms with Crippen molar-refractivity contribution in [1.29, 1.82) is 0 Å². The van der Waals surface area contributed by atoms with Crippen molar-refractivity contribution < 1.29 is 13.9 Å². The summed E-state index contributed by atoms with van der Waals surface area (Å²) in [4.78, 5) is 15.4. The standard InChI is InChI=1S/C27H32FNO2S/c1-27(2,3)31-26(30)19-29(4)15-5-7-20-9-10-22(21-11-13-24(28)14-12-21)17-23(20)18-25-8-6-16-32-25/h6,8-14,16-17H,5,7,15,18-19H2,1-4H3. The number of carbonyl (C=O) groups is 1. The summed E-state index contributed by atoms with van der Waals surface area (Å²) in [5, 5.41) is 2.10. The molecule has 0 aliphatic heterocycles. The fraction of sp³-hybridized carbons (Fsp3) is 0.370. The summed E-state index contributed by atoms with van der Waals surface area (Å²) < 4.78 is 18.7. The number of ether oxygens (including phenoxy) is 1. The van der Waals surface area contributed by atoms with Crippen molar-refractivity contribution in [3.8, 4) is 11.1 Å². The van der Waals surface area contributed by atoms with Gasteiger partial charge in [0.25, 0.3) is 0 Å². The molecule has 3 rings (SSSR count). The van der Waals surface area contributed by atoms with Gasteiger partial charge in [0.15, 0.2) is 0 Å².